The van der Waals surface area contributed by atoms with Crippen LogP contribution in [0.15, 0.2) is 243 Å². The molecule has 426 valence electrons. The van der Waals surface area contributed by atoms with E-state index >= 15 is 0 Å². The molecule has 0 amide bonds. The highest BCUT2D eigenvalue weighted by Crippen LogP contribution is 2.62. The van der Waals surface area contributed by atoms with Gasteiger partial charge >= 0.3 is 0 Å². The molecule has 0 N–H and O–H groups in total. The van der Waals surface area contributed by atoms with Gasteiger partial charge in [-0.2, -0.15) is 0 Å². The number of rotatable bonds is 9. The Kier molecular flexibility index (Phi) is 12.4. The normalized spacial score (nSPS) is 14.5. The third kappa shape index (κ3) is 7.58. The van der Waals surface area contributed by atoms with E-state index in [0.29, 0.717) is 0 Å². The zero-order valence-electron chi connectivity index (χ0n) is 51.6. The first-order chi connectivity index (χ1) is 43.5. The van der Waals surface area contributed by atoms with Gasteiger partial charge in [0.05, 0.1) is 33.6 Å². The molecule has 0 aromatic heterocycles. The van der Waals surface area contributed by atoms with Crippen molar-refractivity contribution in [2.45, 2.75) is 78.6 Å². The summed E-state index contributed by atoms with van der Waals surface area (Å²) in [6.07, 6.45) is 3.35. The Bertz CT molecular complexity index is 4810. The fourth-order valence-electron chi connectivity index (χ4n) is 17.9. The maximum Gasteiger partial charge on any atom is 0.247 e. The number of benzene rings is 12. The highest BCUT2D eigenvalue weighted by Gasteiger charge is 2.53. The Morgan fingerprint density at radius 1 is 0.348 bits per heavy atom. The monoisotopic (exact) mass is 1250 g/mol. The van der Waals surface area contributed by atoms with Crippen LogP contribution in [0.5, 0.6) is 0 Å². The number of nitrogens with zero attached hydrogens (tertiary/aromatic N) is 2. The largest absolute Gasteiger partial charge is 0.307 e. The molecule has 3 heterocycles. The molecule has 0 radical (unpaired) electrons. The summed E-state index contributed by atoms with van der Waals surface area (Å²) in [7, 11) is 0. The second kappa shape index (κ2) is 20.3. The number of aryl methyl sites for hydroxylation is 7. The van der Waals surface area contributed by atoms with E-state index in [2.05, 4.69) is 324 Å². The van der Waals surface area contributed by atoms with Gasteiger partial charge < -0.3 is 9.80 Å². The SMILES string of the molecule is CCCCc1ccc2c(c1)C(c1ccccc1)(c1ccccc1)c1cc3c(cc1-2)B(c1c(C)cc(C)cc1C)c1cccc2c1N3c1cccc3c1N2c1cc2c(cc1B3c1c(C)cc(C)cc1C)-c1ccc(I)cc1C2(c1ccccc1)c1ccccc1. The van der Waals surface area contributed by atoms with Crippen LogP contribution in [0.1, 0.15) is 103 Å². The van der Waals surface area contributed by atoms with Crippen LogP contribution in [0.4, 0.5) is 34.1 Å². The molecule has 0 spiro atoms. The van der Waals surface area contributed by atoms with Gasteiger partial charge in [-0.1, -0.05) is 264 Å². The van der Waals surface area contributed by atoms with Gasteiger partial charge in [0.1, 0.15) is 0 Å². The minimum atomic E-state index is -0.602. The number of hydrogen-bond donors (Lipinski definition) is 0. The van der Waals surface area contributed by atoms with Gasteiger partial charge in [-0.3, -0.25) is 0 Å². The van der Waals surface area contributed by atoms with Gasteiger partial charge in [-0.25, -0.2) is 0 Å². The van der Waals surface area contributed by atoms with E-state index in [-0.39, 0.29) is 13.4 Å². The first-order valence-electron chi connectivity index (χ1n) is 32.0. The zero-order chi connectivity index (χ0) is 60.2. The first-order valence-corrected chi connectivity index (χ1v) is 33.1. The van der Waals surface area contributed by atoms with Crippen LogP contribution in [0.2, 0.25) is 0 Å². The lowest BCUT2D eigenvalue weighted by molar-refractivity contribution is 0.759. The molecule has 12 aromatic rings. The molecular formula is C84H67B2IN2. The second-order valence-electron chi connectivity index (χ2n) is 26.1. The van der Waals surface area contributed by atoms with Crippen molar-refractivity contribution in [1.82, 2.24) is 0 Å². The van der Waals surface area contributed by atoms with E-state index in [0.717, 1.165) is 19.3 Å². The molecule has 0 atom stereocenters. The van der Waals surface area contributed by atoms with Crippen LogP contribution >= 0.6 is 22.6 Å². The number of fused-ring (bicyclic) bond motifs is 12. The van der Waals surface area contributed by atoms with E-state index < -0.39 is 10.8 Å². The van der Waals surface area contributed by atoms with Crippen LogP contribution in [-0.2, 0) is 17.3 Å². The smallest absolute Gasteiger partial charge is 0.247 e. The van der Waals surface area contributed by atoms with E-state index in [9.17, 15) is 0 Å². The first kappa shape index (κ1) is 54.3. The van der Waals surface area contributed by atoms with Crippen molar-refractivity contribution >= 4 is 103 Å². The molecule has 17 rings (SSSR count). The molecule has 2 nitrogen and oxygen atoms in total. The third-order valence-corrected chi connectivity index (χ3v) is 21.7. The minimum absolute atomic E-state index is 0.0711. The van der Waals surface area contributed by atoms with Crippen LogP contribution in [0.3, 0.4) is 0 Å². The highest BCUT2D eigenvalue weighted by atomic mass is 127. The molecule has 0 bridgehead atoms. The average Bonchev–Trinajstić information content (AvgIpc) is 1.68. The Morgan fingerprint density at radius 2 is 0.730 bits per heavy atom. The summed E-state index contributed by atoms with van der Waals surface area (Å²) < 4.78 is 1.23. The van der Waals surface area contributed by atoms with Crippen LogP contribution in [0, 0.1) is 45.1 Å². The van der Waals surface area contributed by atoms with E-state index in [4.69, 9.17) is 0 Å². The van der Waals surface area contributed by atoms with Gasteiger partial charge in [0.2, 0.25) is 13.4 Å². The summed E-state index contributed by atoms with van der Waals surface area (Å²) in [5.41, 5.74) is 39.2. The lowest BCUT2D eigenvalue weighted by atomic mass is 9.32. The number of hydrogen-bond acceptors (Lipinski definition) is 2. The quantitative estimate of drug-likeness (QED) is 0.105. The highest BCUT2D eigenvalue weighted by molar-refractivity contribution is 14.1. The van der Waals surface area contributed by atoms with Gasteiger partial charge in [0.25, 0.3) is 0 Å². The number of halogens is 1. The summed E-state index contributed by atoms with van der Waals surface area (Å²) in [4.78, 5) is 5.47. The Labute approximate surface area is 539 Å². The predicted octanol–water partition coefficient (Wildman–Crippen LogP) is 17.1. The van der Waals surface area contributed by atoms with Crippen molar-refractivity contribution in [2.24, 2.45) is 0 Å². The topological polar surface area (TPSA) is 6.48 Å². The molecule has 2 aliphatic carbocycles. The maximum absolute atomic E-state index is 2.74. The Morgan fingerprint density at radius 3 is 1.13 bits per heavy atom. The van der Waals surface area contributed by atoms with Crippen molar-refractivity contribution in [3.63, 3.8) is 0 Å². The van der Waals surface area contributed by atoms with Crippen LogP contribution < -0.4 is 42.6 Å². The molecule has 0 saturated carbocycles. The minimum Gasteiger partial charge on any atom is -0.307 e. The Hall–Kier alpha value is -8.90. The molecule has 0 fully saturated rings. The molecular weight excluding hydrogens is 1190 g/mol. The van der Waals surface area contributed by atoms with Gasteiger partial charge in [0.15, 0.2) is 0 Å². The van der Waals surface area contributed by atoms with E-state index in [1.165, 1.54) is 176 Å². The lowest BCUT2D eigenvalue weighted by Crippen LogP contribution is -2.62. The summed E-state index contributed by atoms with van der Waals surface area (Å²) in [6.45, 7) is 16.1. The fourth-order valence-corrected chi connectivity index (χ4v) is 18.4. The number of anilines is 6. The van der Waals surface area contributed by atoms with Crippen molar-refractivity contribution < 1.29 is 0 Å². The van der Waals surface area contributed by atoms with Crippen LogP contribution in [-0.4, -0.2) is 13.4 Å². The molecule has 0 saturated heterocycles. The van der Waals surface area contributed by atoms with Gasteiger partial charge in [-0.15, -0.1) is 0 Å². The molecule has 5 aliphatic rings. The number of para-hydroxylation sites is 2. The summed E-state index contributed by atoms with van der Waals surface area (Å²) in [5.74, 6) is 0. The van der Waals surface area contributed by atoms with Gasteiger partial charge in [-0.05, 0) is 208 Å². The molecule has 5 heteroatoms. The molecule has 89 heavy (non-hydrogen) atoms. The molecule has 12 aromatic carbocycles. The van der Waals surface area contributed by atoms with Crippen molar-refractivity contribution in [1.29, 1.82) is 0 Å². The molecule has 3 aliphatic heterocycles. The van der Waals surface area contributed by atoms with E-state index in [1.807, 2.05) is 0 Å². The third-order valence-electron chi connectivity index (χ3n) is 21.0. The second-order valence-corrected chi connectivity index (χ2v) is 27.4. The summed E-state index contributed by atoms with van der Waals surface area (Å²) in [5, 5.41) is 0. The zero-order valence-corrected chi connectivity index (χ0v) is 53.8. The summed E-state index contributed by atoms with van der Waals surface area (Å²) >= 11 is 2.54. The predicted molar refractivity (Wildman–Crippen MR) is 386 cm³/mol. The standard InChI is InChI=1S/C84H67B2IN2/c1-8-9-24-57-37-39-63-65-47-73-77(49-69(65)83(67(63)45-57,58-25-14-10-15-26-58)59-27-16-11-17-28-59)88-75-35-23-34-72-82(75)89(76-36-22-33-71(81(76)88)85(73)79-53(4)41-51(2)42-54(79)5)78-50-70-66(48-74(78)86(72)80-55(6)43-52(3)44-56(80)7)64-40-38-62(87)46-68(64)84(70,60-29-18-12-19-30-60)61-31-20-13-21-32-61/h10-23,25-50H,8-9,24H2,1-7H3. The average molecular weight is 1250 g/mol. The number of unbranched alkanes of at least 4 members (excludes halogenated alkanes) is 1. The van der Waals surface area contributed by atoms with Crippen molar-refractivity contribution in [3.8, 4) is 22.3 Å². The van der Waals surface area contributed by atoms with Crippen molar-refractivity contribution in [2.75, 3.05) is 9.80 Å². The maximum atomic E-state index is 2.74. The van der Waals surface area contributed by atoms with Gasteiger partial charge in [0, 0.05) is 14.9 Å². The summed E-state index contributed by atoms with van der Waals surface area (Å²) in [6, 6.07) is 95.2. The van der Waals surface area contributed by atoms with E-state index in [1.54, 1.807) is 0 Å². The van der Waals surface area contributed by atoms with Crippen molar-refractivity contribution in [3.05, 3.63) is 330 Å². The Balaban J connectivity index is 1.01. The van der Waals surface area contributed by atoms with Crippen LogP contribution in [0.25, 0.3) is 22.3 Å². The fraction of sp³-hybridized carbons (Fsp3) is 0.143. The lowest BCUT2D eigenvalue weighted by Gasteiger charge is -2.49. The molecule has 0 unspecified atom stereocenters.